The van der Waals surface area contributed by atoms with Crippen molar-refractivity contribution in [1.82, 2.24) is 0 Å². The van der Waals surface area contributed by atoms with Gasteiger partial charge in [0.05, 0.1) is 28.3 Å². The first-order chi connectivity index (χ1) is 12.2. The first kappa shape index (κ1) is 19.8. The zero-order valence-corrected chi connectivity index (χ0v) is 14.8. The van der Waals surface area contributed by atoms with Crippen molar-refractivity contribution in [3.05, 3.63) is 58.6 Å². The van der Waals surface area contributed by atoms with E-state index in [-0.39, 0.29) is 21.8 Å². The van der Waals surface area contributed by atoms with Crippen molar-refractivity contribution < 1.29 is 31.5 Å². The predicted molar refractivity (Wildman–Crippen MR) is 90.4 cm³/mol. The molecule has 0 aliphatic rings. The lowest BCUT2D eigenvalue weighted by atomic mass is 10.1. The average molecular weight is 404 g/mol. The number of carbonyl (C=O) groups excluding carboxylic acids is 2. The Kier molecular flexibility index (Phi) is 5.94. The molecule has 0 heterocycles. The quantitative estimate of drug-likeness (QED) is 0.773. The van der Waals surface area contributed by atoms with E-state index in [1.807, 2.05) is 0 Å². The second kappa shape index (κ2) is 7.79. The molecule has 0 aliphatic carbocycles. The topological polar surface area (TPSA) is 89.5 Å². The van der Waals surface area contributed by atoms with Crippen LogP contribution in [0.15, 0.2) is 47.4 Å². The SMILES string of the molecule is COC(=O)c1ccc(Cl)c(NC(=O)c2ccc(S(=O)(=O)C(F)F)cc2)c1. The molecule has 0 fully saturated rings. The minimum absolute atomic E-state index is 0.0118. The maximum Gasteiger partial charge on any atom is 0.341 e. The van der Waals surface area contributed by atoms with Gasteiger partial charge in [0.1, 0.15) is 0 Å². The van der Waals surface area contributed by atoms with Crippen molar-refractivity contribution in [3.63, 3.8) is 0 Å². The third-order valence-corrected chi connectivity index (χ3v) is 5.04. The van der Waals surface area contributed by atoms with E-state index >= 15 is 0 Å². The van der Waals surface area contributed by atoms with E-state index in [2.05, 4.69) is 10.1 Å². The van der Waals surface area contributed by atoms with Gasteiger partial charge in [-0.3, -0.25) is 4.79 Å². The number of hydrogen-bond acceptors (Lipinski definition) is 5. The molecule has 0 saturated heterocycles. The van der Waals surface area contributed by atoms with Crippen LogP contribution in [0.3, 0.4) is 0 Å². The second-order valence-electron chi connectivity index (χ2n) is 4.97. The van der Waals surface area contributed by atoms with Gasteiger partial charge in [-0.15, -0.1) is 0 Å². The van der Waals surface area contributed by atoms with Crippen LogP contribution in [-0.4, -0.2) is 33.2 Å². The zero-order valence-electron chi connectivity index (χ0n) is 13.2. The van der Waals surface area contributed by atoms with Crippen LogP contribution in [0, 0.1) is 0 Å². The fourth-order valence-corrected chi connectivity index (χ4v) is 2.85. The maximum absolute atomic E-state index is 12.5. The van der Waals surface area contributed by atoms with E-state index in [0.717, 1.165) is 24.3 Å². The van der Waals surface area contributed by atoms with Gasteiger partial charge in [-0.05, 0) is 42.5 Å². The summed E-state index contributed by atoms with van der Waals surface area (Å²) in [6.45, 7) is 0. The summed E-state index contributed by atoms with van der Waals surface area (Å²) in [5, 5.41) is 2.61. The van der Waals surface area contributed by atoms with Crippen LogP contribution in [-0.2, 0) is 14.6 Å². The summed E-state index contributed by atoms with van der Waals surface area (Å²) in [6.07, 6.45) is 0. The number of amides is 1. The lowest BCUT2D eigenvalue weighted by Gasteiger charge is -2.09. The van der Waals surface area contributed by atoms with Crippen molar-refractivity contribution in [2.24, 2.45) is 0 Å². The smallest absolute Gasteiger partial charge is 0.341 e. The van der Waals surface area contributed by atoms with Gasteiger partial charge in [0, 0.05) is 5.56 Å². The molecule has 0 radical (unpaired) electrons. The van der Waals surface area contributed by atoms with Crippen LogP contribution in [0.25, 0.3) is 0 Å². The van der Waals surface area contributed by atoms with Gasteiger partial charge in [0.2, 0.25) is 9.84 Å². The van der Waals surface area contributed by atoms with E-state index in [1.165, 1.54) is 25.3 Å². The van der Waals surface area contributed by atoms with Gasteiger partial charge in [-0.1, -0.05) is 11.6 Å². The Morgan fingerprint density at radius 2 is 1.65 bits per heavy atom. The molecule has 2 aromatic rings. The summed E-state index contributed by atoms with van der Waals surface area (Å²) in [7, 11) is -3.54. The number of ether oxygens (including phenoxy) is 1. The highest BCUT2D eigenvalue weighted by Gasteiger charge is 2.26. The standard InChI is InChI=1S/C16H12ClF2NO5S/c1-25-15(22)10-4-7-12(17)13(8-10)20-14(21)9-2-5-11(6-3-9)26(23,24)16(18)19/h2-8,16H,1H3,(H,20,21). The molecule has 0 atom stereocenters. The van der Waals surface area contributed by atoms with Crippen LogP contribution in [0.1, 0.15) is 20.7 Å². The fraction of sp³-hybridized carbons (Fsp3) is 0.125. The van der Waals surface area contributed by atoms with Crippen LogP contribution < -0.4 is 5.32 Å². The van der Waals surface area contributed by atoms with E-state index in [4.69, 9.17) is 11.6 Å². The van der Waals surface area contributed by atoms with Crippen LogP contribution in [0.5, 0.6) is 0 Å². The number of halogens is 3. The van der Waals surface area contributed by atoms with E-state index in [0.29, 0.717) is 0 Å². The normalized spacial score (nSPS) is 11.3. The third-order valence-electron chi connectivity index (χ3n) is 3.32. The summed E-state index contributed by atoms with van der Waals surface area (Å²) in [5.41, 5.74) is 0.298. The van der Waals surface area contributed by atoms with Gasteiger partial charge in [0.25, 0.3) is 5.91 Å². The predicted octanol–water partition coefficient (Wildman–Crippen LogP) is 3.38. The molecule has 1 N–H and O–H groups in total. The third kappa shape index (κ3) is 4.17. The number of methoxy groups -OCH3 is 1. The zero-order chi connectivity index (χ0) is 19.5. The van der Waals surface area contributed by atoms with Gasteiger partial charge in [-0.2, -0.15) is 8.78 Å². The summed E-state index contributed by atoms with van der Waals surface area (Å²) in [5.74, 6) is -4.85. The van der Waals surface area contributed by atoms with Crippen molar-refractivity contribution in [2.45, 2.75) is 10.7 Å². The number of nitrogens with one attached hydrogen (secondary N) is 1. The first-order valence-corrected chi connectivity index (χ1v) is 8.90. The number of rotatable bonds is 5. The number of sulfone groups is 1. The fourth-order valence-electron chi connectivity index (χ4n) is 1.96. The minimum atomic E-state index is -4.74. The molecular weight excluding hydrogens is 392 g/mol. The number of hydrogen-bond donors (Lipinski definition) is 1. The van der Waals surface area contributed by atoms with E-state index in [1.54, 1.807) is 0 Å². The monoisotopic (exact) mass is 403 g/mol. The Hall–Kier alpha value is -2.52. The molecule has 2 aromatic carbocycles. The van der Waals surface area contributed by atoms with Gasteiger partial charge < -0.3 is 10.1 Å². The summed E-state index contributed by atoms with van der Waals surface area (Å²) in [4.78, 5) is 23.1. The second-order valence-corrected chi connectivity index (χ2v) is 7.30. The molecule has 0 saturated carbocycles. The van der Waals surface area contributed by atoms with Crippen molar-refractivity contribution in [3.8, 4) is 0 Å². The van der Waals surface area contributed by atoms with Crippen molar-refractivity contribution in [2.75, 3.05) is 12.4 Å². The molecule has 6 nitrogen and oxygen atoms in total. The summed E-state index contributed by atoms with van der Waals surface area (Å²) < 4.78 is 52.3. The van der Waals surface area contributed by atoms with Gasteiger partial charge in [0.15, 0.2) is 0 Å². The Morgan fingerprint density at radius 3 is 2.19 bits per heavy atom. The average Bonchev–Trinajstić information content (AvgIpc) is 2.62. The number of esters is 1. The van der Waals surface area contributed by atoms with Crippen LogP contribution in [0.4, 0.5) is 14.5 Å². The molecule has 138 valence electrons. The molecule has 0 spiro atoms. The maximum atomic E-state index is 12.5. The van der Waals surface area contributed by atoms with Gasteiger partial charge in [-0.25, -0.2) is 13.2 Å². The van der Waals surface area contributed by atoms with Crippen molar-refractivity contribution >= 4 is 39.0 Å². The van der Waals surface area contributed by atoms with Crippen molar-refractivity contribution in [1.29, 1.82) is 0 Å². The molecular formula is C16H12ClF2NO5S. The first-order valence-electron chi connectivity index (χ1n) is 6.98. The Bertz CT molecular complexity index is 946. The molecule has 0 aliphatic heterocycles. The molecule has 1 amide bonds. The number of alkyl halides is 2. The van der Waals surface area contributed by atoms with E-state index < -0.39 is 32.4 Å². The summed E-state index contributed by atoms with van der Waals surface area (Å²) >= 11 is 5.97. The van der Waals surface area contributed by atoms with E-state index in [9.17, 15) is 26.8 Å². The highest BCUT2D eigenvalue weighted by atomic mass is 35.5. The highest BCUT2D eigenvalue weighted by Crippen LogP contribution is 2.25. The highest BCUT2D eigenvalue weighted by molar-refractivity contribution is 7.91. The van der Waals surface area contributed by atoms with Crippen LogP contribution in [0.2, 0.25) is 5.02 Å². The largest absolute Gasteiger partial charge is 0.465 e. The number of carbonyl (C=O) groups is 2. The lowest BCUT2D eigenvalue weighted by Crippen LogP contribution is -2.14. The number of benzene rings is 2. The lowest BCUT2D eigenvalue weighted by molar-refractivity contribution is 0.0600. The Balaban J connectivity index is 2.24. The Labute approximate surface area is 152 Å². The minimum Gasteiger partial charge on any atom is -0.465 e. The van der Waals surface area contributed by atoms with Crippen LogP contribution >= 0.6 is 11.6 Å². The number of anilines is 1. The molecule has 0 unspecified atom stereocenters. The molecule has 10 heteroatoms. The Morgan fingerprint density at radius 1 is 1.08 bits per heavy atom. The summed E-state index contributed by atoms with van der Waals surface area (Å²) in [6, 6.07) is 8.09. The molecule has 0 aromatic heterocycles. The molecule has 0 bridgehead atoms. The molecule has 26 heavy (non-hydrogen) atoms. The van der Waals surface area contributed by atoms with Gasteiger partial charge >= 0.3 is 11.7 Å². The molecule has 2 rings (SSSR count).